The van der Waals surface area contributed by atoms with E-state index < -0.39 is 5.92 Å². The molecule has 1 aliphatic carbocycles. The molecule has 2 unspecified atom stereocenters. The number of phenolic OH excluding ortho intramolecular Hbond substituents is 1. The van der Waals surface area contributed by atoms with Crippen LogP contribution in [0.25, 0.3) is 0 Å². The predicted molar refractivity (Wildman–Crippen MR) is 78.4 cm³/mol. The van der Waals surface area contributed by atoms with Gasteiger partial charge in [0.15, 0.2) is 5.78 Å². The van der Waals surface area contributed by atoms with Crippen molar-refractivity contribution in [3.05, 3.63) is 23.3 Å². The predicted octanol–water partition coefficient (Wildman–Crippen LogP) is 2.43. The van der Waals surface area contributed by atoms with Crippen LogP contribution < -0.4 is 4.90 Å². The number of Topliss-reactive ketones (excluding diaryl/α,β-unsaturated/α-hetero) is 2. The van der Waals surface area contributed by atoms with Gasteiger partial charge in [-0.05, 0) is 37.0 Å². The molecule has 1 aromatic carbocycles. The van der Waals surface area contributed by atoms with Gasteiger partial charge in [-0.15, -0.1) is 0 Å². The van der Waals surface area contributed by atoms with E-state index in [9.17, 15) is 14.7 Å². The zero-order chi connectivity index (χ0) is 15.0. The second-order valence-corrected chi connectivity index (χ2v) is 5.68. The van der Waals surface area contributed by atoms with Gasteiger partial charge in [0.1, 0.15) is 11.5 Å². The Morgan fingerprint density at radius 3 is 2.55 bits per heavy atom. The highest BCUT2D eigenvalue weighted by molar-refractivity contribution is 6.14. The molecule has 0 heterocycles. The van der Waals surface area contributed by atoms with Gasteiger partial charge in [0.05, 0.1) is 11.5 Å². The van der Waals surface area contributed by atoms with E-state index in [2.05, 4.69) is 0 Å². The van der Waals surface area contributed by atoms with Crippen LogP contribution in [-0.4, -0.2) is 30.8 Å². The average molecular weight is 275 g/mol. The molecule has 1 aliphatic rings. The first-order valence-corrected chi connectivity index (χ1v) is 6.95. The normalized spacial score (nSPS) is 21.5. The monoisotopic (exact) mass is 275 g/mol. The summed E-state index contributed by atoms with van der Waals surface area (Å²) in [6.07, 6.45) is 1.43. The smallest absolute Gasteiger partial charge is 0.177 e. The molecular weight excluding hydrogens is 254 g/mol. The molecule has 1 aromatic rings. The summed E-state index contributed by atoms with van der Waals surface area (Å²) in [7, 11) is 3.82. The van der Waals surface area contributed by atoms with Crippen molar-refractivity contribution < 1.29 is 14.7 Å². The lowest BCUT2D eigenvalue weighted by molar-refractivity contribution is -0.120. The van der Waals surface area contributed by atoms with Crippen LogP contribution in [0.1, 0.15) is 36.2 Å². The zero-order valence-electron chi connectivity index (χ0n) is 12.4. The van der Waals surface area contributed by atoms with Crippen LogP contribution in [0.5, 0.6) is 5.75 Å². The number of phenols is 1. The van der Waals surface area contributed by atoms with Crippen LogP contribution in [0.15, 0.2) is 12.1 Å². The van der Waals surface area contributed by atoms with Crippen LogP contribution in [0, 0.1) is 11.8 Å². The number of carbonyl (C=O) groups excluding carboxylic acids is 2. The maximum absolute atomic E-state index is 12.6. The third kappa shape index (κ3) is 2.19. The summed E-state index contributed by atoms with van der Waals surface area (Å²) in [5.41, 5.74) is 2.14. The van der Waals surface area contributed by atoms with Crippen molar-refractivity contribution >= 4 is 17.3 Å². The van der Waals surface area contributed by atoms with Gasteiger partial charge in [-0.1, -0.05) is 13.3 Å². The van der Waals surface area contributed by atoms with Crippen LogP contribution in [-0.2, 0) is 11.2 Å². The molecule has 0 amide bonds. The highest BCUT2D eigenvalue weighted by atomic mass is 16.3. The lowest BCUT2D eigenvalue weighted by atomic mass is 9.71. The van der Waals surface area contributed by atoms with Crippen molar-refractivity contribution in [2.24, 2.45) is 11.8 Å². The molecule has 20 heavy (non-hydrogen) atoms. The van der Waals surface area contributed by atoms with Crippen molar-refractivity contribution in [3.63, 3.8) is 0 Å². The van der Waals surface area contributed by atoms with Gasteiger partial charge in [0, 0.05) is 19.8 Å². The first kappa shape index (κ1) is 14.6. The Morgan fingerprint density at radius 2 is 2.05 bits per heavy atom. The fraction of sp³-hybridized carbons (Fsp3) is 0.500. The number of nitrogens with zero attached hydrogens (tertiary/aromatic N) is 1. The minimum Gasteiger partial charge on any atom is -0.507 e. The van der Waals surface area contributed by atoms with Crippen molar-refractivity contribution in [3.8, 4) is 5.75 Å². The Hall–Kier alpha value is -1.84. The molecule has 0 spiro atoms. The van der Waals surface area contributed by atoms with Gasteiger partial charge in [-0.3, -0.25) is 9.59 Å². The highest BCUT2D eigenvalue weighted by Crippen LogP contribution is 2.41. The molecule has 2 atom stereocenters. The van der Waals surface area contributed by atoms with E-state index in [0.717, 1.165) is 17.7 Å². The summed E-state index contributed by atoms with van der Waals surface area (Å²) in [6, 6.07) is 3.36. The summed E-state index contributed by atoms with van der Waals surface area (Å²) < 4.78 is 0. The van der Waals surface area contributed by atoms with Crippen LogP contribution in [0.3, 0.4) is 0 Å². The molecule has 0 bridgehead atoms. The van der Waals surface area contributed by atoms with E-state index in [-0.39, 0.29) is 23.2 Å². The number of hydrogen-bond acceptors (Lipinski definition) is 4. The minimum atomic E-state index is -0.615. The first-order valence-electron chi connectivity index (χ1n) is 6.95. The molecule has 4 nitrogen and oxygen atoms in total. The molecule has 0 aromatic heterocycles. The lowest BCUT2D eigenvalue weighted by Crippen LogP contribution is -2.36. The van der Waals surface area contributed by atoms with E-state index >= 15 is 0 Å². The summed E-state index contributed by atoms with van der Waals surface area (Å²) >= 11 is 0. The Bertz CT molecular complexity index is 563. The zero-order valence-corrected chi connectivity index (χ0v) is 12.4. The van der Waals surface area contributed by atoms with Gasteiger partial charge in [-0.2, -0.15) is 0 Å². The molecule has 0 aliphatic heterocycles. The average Bonchev–Trinajstić information content (AvgIpc) is 2.37. The van der Waals surface area contributed by atoms with E-state index in [1.807, 2.05) is 32.0 Å². The Morgan fingerprint density at radius 1 is 1.40 bits per heavy atom. The van der Waals surface area contributed by atoms with E-state index in [0.29, 0.717) is 12.0 Å². The Balaban J connectivity index is 2.64. The SMILES string of the molecule is CCC1Cc2c(N(C)C)ccc(O)c2C(=O)C1C(C)=O. The third-order valence-electron chi connectivity index (χ3n) is 4.18. The van der Waals surface area contributed by atoms with E-state index in [1.165, 1.54) is 13.0 Å². The second kappa shape index (κ2) is 5.27. The Kier molecular flexibility index (Phi) is 3.84. The van der Waals surface area contributed by atoms with Crippen molar-refractivity contribution in [2.75, 3.05) is 19.0 Å². The van der Waals surface area contributed by atoms with Gasteiger partial charge < -0.3 is 10.0 Å². The molecule has 0 fully saturated rings. The molecule has 1 N–H and O–H groups in total. The lowest BCUT2D eigenvalue weighted by Gasteiger charge is -2.32. The van der Waals surface area contributed by atoms with Gasteiger partial charge >= 0.3 is 0 Å². The van der Waals surface area contributed by atoms with Crippen LogP contribution in [0.4, 0.5) is 5.69 Å². The fourth-order valence-electron chi connectivity index (χ4n) is 3.17. The number of aromatic hydroxyl groups is 1. The van der Waals surface area contributed by atoms with Crippen molar-refractivity contribution in [2.45, 2.75) is 26.7 Å². The number of ketones is 2. The van der Waals surface area contributed by atoms with E-state index in [4.69, 9.17) is 0 Å². The molecule has 0 radical (unpaired) electrons. The maximum atomic E-state index is 12.6. The second-order valence-electron chi connectivity index (χ2n) is 5.68. The molecule has 2 rings (SSSR count). The number of hydrogen-bond donors (Lipinski definition) is 1. The summed E-state index contributed by atoms with van der Waals surface area (Å²) in [5, 5.41) is 10.0. The topological polar surface area (TPSA) is 57.6 Å². The number of fused-ring (bicyclic) bond motifs is 1. The van der Waals surface area contributed by atoms with Crippen LogP contribution in [0.2, 0.25) is 0 Å². The maximum Gasteiger partial charge on any atom is 0.177 e. The van der Waals surface area contributed by atoms with E-state index in [1.54, 1.807) is 0 Å². The quantitative estimate of drug-likeness (QED) is 0.861. The Labute approximate surface area is 119 Å². The minimum absolute atomic E-state index is 0.0172. The van der Waals surface area contributed by atoms with Crippen molar-refractivity contribution in [1.82, 2.24) is 0 Å². The molecule has 4 heteroatoms. The van der Waals surface area contributed by atoms with Gasteiger partial charge in [0.25, 0.3) is 0 Å². The molecule has 0 saturated carbocycles. The number of benzene rings is 1. The summed E-state index contributed by atoms with van der Waals surface area (Å²) in [6.45, 7) is 3.46. The summed E-state index contributed by atoms with van der Waals surface area (Å²) in [4.78, 5) is 26.4. The van der Waals surface area contributed by atoms with Gasteiger partial charge in [0.2, 0.25) is 0 Å². The number of rotatable bonds is 3. The highest BCUT2D eigenvalue weighted by Gasteiger charge is 2.40. The number of anilines is 1. The molecule has 0 saturated heterocycles. The largest absolute Gasteiger partial charge is 0.507 e. The first-order chi connectivity index (χ1) is 9.38. The van der Waals surface area contributed by atoms with Crippen molar-refractivity contribution in [1.29, 1.82) is 0 Å². The van der Waals surface area contributed by atoms with Crippen LogP contribution >= 0.6 is 0 Å². The standard InChI is InChI=1S/C16H21NO3/c1-5-10-8-11-12(17(3)4)6-7-13(19)15(11)16(20)14(10)9(2)18/h6-7,10,14,19H,5,8H2,1-4H3. The summed E-state index contributed by atoms with van der Waals surface area (Å²) in [5.74, 6) is -0.950. The van der Waals surface area contributed by atoms with Gasteiger partial charge in [-0.25, -0.2) is 0 Å². The number of carbonyl (C=O) groups is 2. The third-order valence-corrected chi connectivity index (χ3v) is 4.18. The molecular formula is C16H21NO3. The fourth-order valence-corrected chi connectivity index (χ4v) is 3.17. The molecule has 108 valence electrons.